The lowest BCUT2D eigenvalue weighted by Crippen LogP contribution is -2.48. The summed E-state index contributed by atoms with van der Waals surface area (Å²) in [6, 6.07) is 10.5. The van der Waals surface area contributed by atoms with Gasteiger partial charge < -0.3 is 21.3 Å². The summed E-state index contributed by atoms with van der Waals surface area (Å²) >= 11 is 0. The fourth-order valence-electron chi connectivity index (χ4n) is 4.50. The third-order valence-corrected chi connectivity index (χ3v) is 6.19. The van der Waals surface area contributed by atoms with Crippen molar-refractivity contribution in [3.8, 4) is 5.69 Å². The van der Waals surface area contributed by atoms with Gasteiger partial charge in [0, 0.05) is 50.5 Å². The van der Waals surface area contributed by atoms with E-state index in [0.29, 0.717) is 31.2 Å². The van der Waals surface area contributed by atoms with Gasteiger partial charge in [0.05, 0.1) is 5.69 Å². The van der Waals surface area contributed by atoms with Gasteiger partial charge in [-0.1, -0.05) is 12.1 Å². The molecule has 1 aromatic heterocycles. The normalized spacial score (nSPS) is 22.0. The van der Waals surface area contributed by atoms with Crippen molar-refractivity contribution in [2.75, 3.05) is 31.5 Å². The molecule has 0 bridgehead atoms. The van der Waals surface area contributed by atoms with Gasteiger partial charge in [-0.25, -0.2) is 9.59 Å². The zero-order valence-electron chi connectivity index (χ0n) is 18.6. The van der Waals surface area contributed by atoms with Crippen molar-refractivity contribution in [1.29, 1.82) is 0 Å². The summed E-state index contributed by atoms with van der Waals surface area (Å²) in [5.74, 6) is 0.262. The Morgan fingerprint density at radius 1 is 1.22 bits per heavy atom. The third-order valence-electron chi connectivity index (χ3n) is 6.19. The second-order valence-electron chi connectivity index (χ2n) is 8.84. The van der Waals surface area contributed by atoms with Crippen molar-refractivity contribution in [2.45, 2.75) is 50.7 Å². The lowest BCUT2D eigenvalue weighted by molar-refractivity contribution is 0.204. The minimum Gasteiger partial charge on any atom is -0.328 e. The first-order valence-electron chi connectivity index (χ1n) is 11.5. The fraction of sp³-hybridized carbons (Fsp3) is 0.522. The number of benzene rings is 1. The van der Waals surface area contributed by atoms with E-state index in [4.69, 9.17) is 5.73 Å². The Morgan fingerprint density at radius 3 is 2.62 bits per heavy atom. The number of anilines is 1. The average molecular weight is 440 g/mol. The second kappa shape index (κ2) is 10.2. The number of nitrogens with one attached hydrogen (secondary N) is 3. The first-order chi connectivity index (χ1) is 15.5. The first-order valence-corrected chi connectivity index (χ1v) is 11.5. The quantitative estimate of drug-likeness (QED) is 0.535. The predicted molar refractivity (Wildman–Crippen MR) is 125 cm³/mol. The van der Waals surface area contributed by atoms with E-state index in [9.17, 15) is 9.59 Å². The number of nitrogens with two attached hydrogens (primary N) is 1. The molecular formula is C23H33N7O2. The maximum atomic E-state index is 12.5. The number of carbonyl (C=O) groups is 1. The molecule has 9 heteroatoms. The molecule has 1 saturated carbocycles. The Kier molecular flexibility index (Phi) is 7.19. The first kappa shape index (κ1) is 22.4. The number of aromatic nitrogens is 2. The van der Waals surface area contributed by atoms with Crippen LogP contribution < -0.4 is 27.4 Å². The molecule has 2 aliphatic rings. The summed E-state index contributed by atoms with van der Waals surface area (Å²) in [6.45, 7) is 5.00. The Labute approximate surface area is 188 Å². The van der Waals surface area contributed by atoms with Gasteiger partial charge in [-0.05, 0) is 56.4 Å². The molecule has 172 valence electrons. The number of nitrogens with zero attached hydrogens (tertiary/aromatic N) is 3. The van der Waals surface area contributed by atoms with E-state index in [-0.39, 0.29) is 11.8 Å². The van der Waals surface area contributed by atoms with Gasteiger partial charge in [0.15, 0.2) is 0 Å². The minimum absolute atomic E-state index is 0.234. The summed E-state index contributed by atoms with van der Waals surface area (Å²) in [4.78, 5) is 30.6. The zero-order valence-corrected chi connectivity index (χ0v) is 18.6. The van der Waals surface area contributed by atoms with Crippen LogP contribution in [0.2, 0.25) is 0 Å². The van der Waals surface area contributed by atoms with Crippen molar-refractivity contribution in [3.05, 3.63) is 52.6 Å². The Bertz CT molecular complexity index is 969. The number of rotatable bonds is 6. The molecule has 1 aliphatic carbocycles. The molecule has 2 fully saturated rings. The molecule has 2 aromatic rings. The largest absolute Gasteiger partial charge is 0.354 e. The van der Waals surface area contributed by atoms with Gasteiger partial charge in [0.2, 0.25) is 0 Å². The number of hydrogen-bond acceptors (Lipinski definition) is 6. The van der Waals surface area contributed by atoms with E-state index in [1.54, 1.807) is 17.2 Å². The summed E-state index contributed by atoms with van der Waals surface area (Å²) < 4.78 is 1.48. The summed E-state index contributed by atoms with van der Waals surface area (Å²) in [7, 11) is 0. The van der Waals surface area contributed by atoms with Crippen LogP contribution in [0.4, 0.5) is 10.6 Å². The monoisotopic (exact) mass is 439 g/mol. The minimum atomic E-state index is -0.427. The van der Waals surface area contributed by atoms with E-state index < -0.39 is 5.69 Å². The Hall–Kier alpha value is -2.75. The van der Waals surface area contributed by atoms with Crippen LogP contribution in [-0.4, -0.2) is 64.8 Å². The maximum Gasteiger partial charge on any atom is 0.354 e. The average Bonchev–Trinajstić information content (AvgIpc) is 3.19. The summed E-state index contributed by atoms with van der Waals surface area (Å²) in [6.07, 6.45) is 5.85. The van der Waals surface area contributed by atoms with E-state index >= 15 is 0 Å². The molecule has 1 aromatic carbocycles. The van der Waals surface area contributed by atoms with Gasteiger partial charge in [0.25, 0.3) is 0 Å². The number of urea groups is 1. The topological polar surface area (TPSA) is 117 Å². The van der Waals surface area contributed by atoms with Crippen LogP contribution >= 0.6 is 0 Å². The Morgan fingerprint density at radius 2 is 1.97 bits per heavy atom. The predicted octanol–water partition coefficient (Wildman–Crippen LogP) is 1.07. The van der Waals surface area contributed by atoms with Crippen molar-refractivity contribution >= 4 is 11.8 Å². The van der Waals surface area contributed by atoms with Crippen molar-refractivity contribution in [2.24, 2.45) is 5.73 Å². The fourth-order valence-corrected chi connectivity index (χ4v) is 4.50. The Balaban J connectivity index is 1.35. The van der Waals surface area contributed by atoms with Gasteiger partial charge in [-0.2, -0.15) is 4.98 Å². The number of amides is 2. The molecule has 0 radical (unpaired) electrons. The van der Waals surface area contributed by atoms with Crippen LogP contribution in [0.5, 0.6) is 0 Å². The highest BCUT2D eigenvalue weighted by Crippen LogP contribution is 2.18. The van der Waals surface area contributed by atoms with Crippen LogP contribution in [-0.2, 0) is 6.42 Å². The molecule has 1 unspecified atom stereocenters. The van der Waals surface area contributed by atoms with Crippen molar-refractivity contribution < 1.29 is 4.79 Å². The molecule has 2 heterocycles. The summed E-state index contributed by atoms with van der Waals surface area (Å²) in [5.41, 5.74) is 7.53. The molecule has 1 saturated heterocycles. The molecule has 9 nitrogen and oxygen atoms in total. The highest BCUT2D eigenvalue weighted by molar-refractivity contribution is 5.88. The van der Waals surface area contributed by atoms with Gasteiger partial charge >= 0.3 is 11.7 Å². The van der Waals surface area contributed by atoms with Crippen molar-refractivity contribution in [1.82, 2.24) is 25.1 Å². The maximum absolute atomic E-state index is 12.5. The van der Waals surface area contributed by atoms with Crippen LogP contribution in [0, 0.1) is 0 Å². The van der Waals surface area contributed by atoms with Gasteiger partial charge in [-0.3, -0.25) is 9.88 Å². The van der Waals surface area contributed by atoms with E-state index in [1.165, 1.54) is 10.1 Å². The van der Waals surface area contributed by atoms with Gasteiger partial charge in [0.1, 0.15) is 5.82 Å². The molecule has 5 N–H and O–H groups in total. The lowest BCUT2D eigenvalue weighted by atomic mass is 10.1. The molecule has 3 atom stereocenters. The zero-order chi connectivity index (χ0) is 22.5. The van der Waals surface area contributed by atoms with E-state index in [1.807, 2.05) is 24.3 Å². The molecule has 4 rings (SSSR count). The second-order valence-corrected chi connectivity index (χ2v) is 8.84. The van der Waals surface area contributed by atoms with E-state index in [0.717, 1.165) is 44.5 Å². The standard InChI is InChI=1S/C23H33N7O2/c1-16(26-19-5-4-18(24)15-19)14-17-2-6-20(7-3-17)30-11-8-21(28-23(30)32)27-22(31)29-12-9-25-10-13-29/h2-3,6-8,11,16,18-19,25-26H,4-5,9-10,12-15,24H2,1H3,(H,27,28,31,32)/t16?,18-,19+/m1/s1. The van der Waals surface area contributed by atoms with E-state index in [2.05, 4.69) is 27.9 Å². The molecule has 32 heavy (non-hydrogen) atoms. The van der Waals surface area contributed by atoms with Crippen molar-refractivity contribution in [3.63, 3.8) is 0 Å². The number of carbonyl (C=O) groups excluding carboxylic acids is 1. The van der Waals surface area contributed by atoms with Gasteiger partial charge in [-0.15, -0.1) is 0 Å². The number of piperazine rings is 1. The molecule has 0 spiro atoms. The van der Waals surface area contributed by atoms with Crippen LogP contribution in [0.15, 0.2) is 41.3 Å². The molecule has 1 aliphatic heterocycles. The highest BCUT2D eigenvalue weighted by Gasteiger charge is 2.22. The highest BCUT2D eigenvalue weighted by atomic mass is 16.2. The SMILES string of the molecule is CC(Cc1ccc(-n2ccc(NC(=O)N3CCNCC3)nc2=O)cc1)N[C@H]1CC[C@@H](N)C1. The molecular weight excluding hydrogens is 406 g/mol. The third kappa shape index (κ3) is 5.73. The van der Waals surface area contributed by atoms with Crippen LogP contribution in [0.25, 0.3) is 5.69 Å². The van der Waals surface area contributed by atoms with Crippen LogP contribution in [0.1, 0.15) is 31.7 Å². The molecule has 2 amide bonds. The van der Waals surface area contributed by atoms with Crippen LogP contribution in [0.3, 0.4) is 0 Å². The summed E-state index contributed by atoms with van der Waals surface area (Å²) in [5, 5.41) is 9.59. The lowest BCUT2D eigenvalue weighted by Gasteiger charge is -2.27. The smallest absolute Gasteiger partial charge is 0.328 e. The number of hydrogen-bond donors (Lipinski definition) is 4.